The van der Waals surface area contributed by atoms with Gasteiger partial charge in [-0.25, -0.2) is 4.98 Å². The molecule has 0 radical (unpaired) electrons. The molecule has 1 aromatic carbocycles. The number of rotatable bonds is 4. The summed E-state index contributed by atoms with van der Waals surface area (Å²) in [5.41, 5.74) is 2.06. The summed E-state index contributed by atoms with van der Waals surface area (Å²) in [5, 5.41) is 3.14. The summed E-state index contributed by atoms with van der Waals surface area (Å²) < 4.78 is 0. The van der Waals surface area contributed by atoms with Gasteiger partial charge in [-0.05, 0) is 37.8 Å². The molecule has 1 aromatic heterocycles. The molecule has 2 N–H and O–H groups in total. The van der Waals surface area contributed by atoms with Crippen LogP contribution in [0, 0.1) is 11.8 Å². The predicted octanol–water partition coefficient (Wildman–Crippen LogP) is 2.94. The van der Waals surface area contributed by atoms with Crippen molar-refractivity contribution in [3.8, 4) is 0 Å². The van der Waals surface area contributed by atoms with Gasteiger partial charge in [0.05, 0.1) is 11.0 Å². The molecule has 1 unspecified atom stereocenters. The van der Waals surface area contributed by atoms with E-state index in [9.17, 15) is 4.79 Å². The quantitative estimate of drug-likeness (QED) is 0.912. The minimum atomic E-state index is 0.122. The highest BCUT2D eigenvalue weighted by Crippen LogP contribution is 2.23. The highest BCUT2D eigenvalue weighted by atomic mass is 16.1. The van der Waals surface area contributed by atoms with Gasteiger partial charge >= 0.3 is 0 Å². The zero-order valence-corrected chi connectivity index (χ0v) is 14.2. The number of piperidine rings is 1. The molecule has 124 valence electrons. The maximum absolute atomic E-state index is 12.3. The topological polar surface area (TPSA) is 61.0 Å². The average molecular weight is 314 g/mol. The van der Waals surface area contributed by atoms with E-state index < -0.39 is 0 Å². The standard InChI is InChI=1S/C18H26N4O/c1-12(2)13(3)19-17(23)14-8-10-22(11-9-14)18-20-15-6-4-5-7-16(15)21-18/h4-7,12-14H,8-11H2,1-3H3,(H,19,23)(H,20,21). The third-order valence-electron chi connectivity index (χ3n) is 4.91. The summed E-state index contributed by atoms with van der Waals surface area (Å²) in [7, 11) is 0. The van der Waals surface area contributed by atoms with Crippen molar-refractivity contribution < 1.29 is 4.79 Å². The monoisotopic (exact) mass is 314 g/mol. The lowest BCUT2D eigenvalue weighted by molar-refractivity contribution is -0.126. The van der Waals surface area contributed by atoms with Crippen LogP contribution in [0.1, 0.15) is 33.6 Å². The SMILES string of the molecule is CC(C)C(C)NC(=O)C1CCN(c2nc3ccccc3[nH]2)CC1. The number of imidazole rings is 1. The normalized spacial score (nSPS) is 17.7. The molecule has 23 heavy (non-hydrogen) atoms. The van der Waals surface area contributed by atoms with Gasteiger partial charge in [0.15, 0.2) is 0 Å². The van der Waals surface area contributed by atoms with Crippen LogP contribution >= 0.6 is 0 Å². The van der Waals surface area contributed by atoms with Crippen molar-refractivity contribution in [1.29, 1.82) is 0 Å². The Hall–Kier alpha value is -2.04. The zero-order chi connectivity index (χ0) is 16.4. The van der Waals surface area contributed by atoms with Gasteiger partial charge in [0, 0.05) is 25.0 Å². The number of nitrogens with one attached hydrogen (secondary N) is 2. The Morgan fingerprint density at radius 2 is 1.96 bits per heavy atom. The number of amides is 1. The van der Waals surface area contributed by atoms with Gasteiger partial charge in [-0.1, -0.05) is 26.0 Å². The van der Waals surface area contributed by atoms with Crippen molar-refractivity contribution in [2.75, 3.05) is 18.0 Å². The van der Waals surface area contributed by atoms with Crippen LogP contribution in [-0.4, -0.2) is 35.0 Å². The number of carbonyl (C=O) groups is 1. The van der Waals surface area contributed by atoms with Crippen LogP contribution in [-0.2, 0) is 4.79 Å². The molecule has 1 aliphatic rings. The first kappa shape index (κ1) is 15.8. The van der Waals surface area contributed by atoms with E-state index in [0.29, 0.717) is 5.92 Å². The second kappa shape index (κ2) is 6.60. The summed E-state index contributed by atoms with van der Waals surface area (Å²) in [6, 6.07) is 8.30. The van der Waals surface area contributed by atoms with Gasteiger partial charge in [0.2, 0.25) is 11.9 Å². The Morgan fingerprint density at radius 3 is 2.61 bits per heavy atom. The minimum absolute atomic E-state index is 0.122. The first-order valence-electron chi connectivity index (χ1n) is 8.54. The molecule has 2 aromatic rings. The van der Waals surface area contributed by atoms with Crippen LogP contribution in [0.5, 0.6) is 0 Å². The van der Waals surface area contributed by atoms with Crippen molar-refractivity contribution in [3.05, 3.63) is 24.3 Å². The molecule has 3 rings (SSSR count). The Balaban J connectivity index is 1.58. The van der Waals surface area contributed by atoms with E-state index in [0.717, 1.165) is 42.9 Å². The molecule has 2 heterocycles. The maximum Gasteiger partial charge on any atom is 0.223 e. The lowest BCUT2D eigenvalue weighted by Crippen LogP contribution is -2.44. The summed E-state index contributed by atoms with van der Waals surface area (Å²) in [4.78, 5) is 22.6. The van der Waals surface area contributed by atoms with Crippen LogP contribution in [0.3, 0.4) is 0 Å². The zero-order valence-electron chi connectivity index (χ0n) is 14.2. The van der Waals surface area contributed by atoms with Crippen molar-refractivity contribution >= 4 is 22.9 Å². The molecule has 0 bridgehead atoms. The molecule has 5 nitrogen and oxygen atoms in total. The number of para-hydroxylation sites is 2. The number of fused-ring (bicyclic) bond motifs is 1. The Kier molecular flexibility index (Phi) is 4.55. The van der Waals surface area contributed by atoms with Crippen LogP contribution in [0.4, 0.5) is 5.95 Å². The molecule has 1 atom stereocenters. The largest absolute Gasteiger partial charge is 0.353 e. The van der Waals surface area contributed by atoms with Crippen molar-refractivity contribution in [3.63, 3.8) is 0 Å². The highest BCUT2D eigenvalue weighted by Gasteiger charge is 2.27. The van der Waals surface area contributed by atoms with Crippen LogP contribution in [0.2, 0.25) is 0 Å². The Labute approximate surface area is 137 Å². The summed E-state index contributed by atoms with van der Waals surface area (Å²) in [5.74, 6) is 1.71. The van der Waals surface area contributed by atoms with E-state index in [2.05, 4.69) is 41.0 Å². The summed E-state index contributed by atoms with van der Waals surface area (Å²) in [6.07, 6.45) is 1.77. The van der Waals surface area contributed by atoms with Gasteiger partial charge in [-0.3, -0.25) is 4.79 Å². The van der Waals surface area contributed by atoms with Crippen molar-refractivity contribution in [1.82, 2.24) is 15.3 Å². The highest BCUT2D eigenvalue weighted by molar-refractivity contribution is 5.80. The third kappa shape index (κ3) is 3.49. The average Bonchev–Trinajstić information content (AvgIpc) is 2.98. The van der Waals surface area contributed by atoms with E-state index in [-0.39, 0.29) is 17.9 Å². The number of aromatic nitrogens is 2. The van der Waals surface area contributed by atoms with Crippen LogP contribution < -0.4 is 10.2 Å². The molecule has 5 heteroatoms. The van der Waals surface area contributed by atoms with Crippen molar-refractivity contribution in [2.45, 2.75) is 39.7 Å². The minimum Gasteiger partial charge on any atom is -0.353 e. The summed E-state index contributed by atoms with van der Waals surface area (Å²) >= 11 is 0. The van der Waals surface area contributed by atoms with Crippen LogP contribution in [0.15, 0.2) is 24.3 Å². The first-order valence-corrected chi connectivity index (χ1v) is 8.54. The smallest absolute Gasteiger partial charge is 0.223 e. The number of carbonyl (C=O) groups excluding carboxylic acids is 1. The van der Waals surface area contributed by atoms with Gasteiger partial charge in [0.1, 0.15) is 0 Å². The molecule has 0 aliphatic carbocycles. The fourth-order valence-corrected chi connectivity index (χ4v) is 2.95. The molecule has 1 aliphatic heterocycles. The fourth-order valence-electron chi connectivity index (χ4n) is 2.95. The third-order valence-corrected chi connectivity index (χ3v) is 4.91. The lowest BCUT2D eigenvalue weighted by atomic mass is 9.95. The van der Waals surface area contributed by atoms with Crippen molar-refractivity contribution in [2.24, 2.45) is 11.8 Å². The number of anilines is 1. The van der Waals surface area contributed by atoms with E-state index in [1.54, 1.807) is 0 Å². The van der Waals surface area contributed by atoms with Gasteiger partial charge in [0.25, 0.3) is 0 Å². The Morgan fingerprint density at radius 1 is 1.26 bits per heavy atom. The summed E-state index contributed by atoms with van der Waals surface area (Å²) in [6.45, 7) is 8.08. The van der Waals surface area contributed by atoms with E-state index >= 15 is 0 Å². The second-order valence-electron chi connectivity index (χ2n) is 6.88. The van der Waals surface area contributed by atoms with Gasteiger partial charge in [-0.2, -0.15) is 0 Å². The van der Waals surface area contributed by atoms with E-state index in [4.69, 9.17) is 0 Å². The Bertz CT molecular complexity index is 637. The second-order valence-corrected chi connectivity index (χ2v) is 6.88. The molecule has 0 saturated carbocycles. The number of nitrogens with zero attached hydrogens (tertiary/aromatic N) is 2. The number of H-pyrrole nitrogens is 1. The first-order chi connectivity index (χ1) is 11.0. The number of benzene rings is 1. The van der Waals surface area contributed by atoms with Gasteiger partial charge < -0.3 is 15.2 Å². The maximum atomic E-state index is 12.3. The molecule has 1 fully saturated rings. The predicted molar refractivity (Wildman–Crippen MR) is 93.5 cm³/mol. The lowest BCUT2D eigenvalue weighted by Gasteiger charge is -2.32. The molecular weight excluding hydrogens is 288 g/mol. The fraction of sp³-hybridized carbons (Fsp3) is 0.556. The molecule has 1 saturated heterocycles. The number of hydrogen-bond donors (Lipinski definition) is 2. The van der Waals surface area contributed by atoms with E-state index in [1.807, 2.05) is 24.3 Å². The molecule has 0 spiro atoms. The van der Waals surface area contributed by atoms with Crippen LogP contribution in [0.25, 0.3) is 11.0 Å². The van der Waals surface area contributed by atoms with Gasteiger partial charge in [-0.15, -0.1) is 0 Å². The molecular formula is C18H26N4O. The molecule has 1 amide bonds. The number of aromatic amines is 1. The van der Waals surface area contributed by atoms with E-state index in [1.165, 1.54) is 0 Å². The number of hydrogen-bond acceptors (Lipinski definition) is 3.